The highest BCUT2D eigenvalue weighted by atomic mass is 16.3. The van der Waals surface area contributed by atoms with Crippen LogP contribution in [-0.4, -0.2) is 11.2 Å². The molecule has 0 aliphatic heterocycles. The van der Waals surface area contributed by atoms with E-state index in [4.69, 9.17) is 5.11 Å². The lowest BCUT2D eigenvalue weighted by Gasteiger charge is -2.40. The maximum Gasteiger partial charge on any atom is 0.0565 e. The lowest BCUT2D eigenvalue weighted by atomic mass is 9.67. The summed E-state index contributed by atoms with van der Waals surface area (Å²) in [6.07, 6.45) is 3.63. The van der Waals surface area contributed by atoms with Crippen LogP contribution >= 0.6 is 0 Å². The average Bonchev–Trinajstić information content (AvgIpc) is 1.60. The number of aliphatic hydroxyl groups is 1. The van der Waals surface area contributed by atoms with Crippen molar-refractivity contribution >= 4 is 0 Å². The average molecular weight is 114 g/mol. The second-order valence-electron chi connectivity index (χ2n) is 3.18. The first-order chi connectivity index (χ1) is 3.65. The standard InChI is InChI=1S/C7H14O/c1-6(8)7(2)4-3-5-7/h6,8H,3-5H2,1-2H3/t6-/m0/s1. The van der Waals surface area contributed by atoms with E-state index in [1.165, 1.54) is 19.3 Å². The Morgan fingerprint density at radius 1 is 1.50 bits per heavy atom. The van der Waals surface area contributed by atoms with Crippen LogP contribution < -0.4 is 0 Å². The van der Waals surface area contributed by atoms with E-state index >= 15 is 0 Å². The molecule has 1 aliphatic carbocycles. The maximum absolute atomic E-state index is 9.13. The summed E-state index contributed by atoms with van der Waals surface area (Å²) in [4.78, 5) is 0. The molecule has 1 N–H and O–H groups in total. The molecule has 1 heteroatoms. The van der Waals surface area contributed by atoms with Crippen molar-refractivity contribution in [2.75, 3.05) is 0 Å². The van der Waals surface area contributed by atoms with E-state index < -0.39 is 0 Å². The summed E-state index contributed by atoms with van der Waals surface area (Å²) in [5.74, 6) is 0. The van der Waals surface area contributed by atoms with Gasteiger partial charge < -0.3 is 5.11 Å². The molecule has 0 bridgehead atoms. The number of rotatable bonds is 1. The van der Waals surface area contributed by atoms with Crippen molar-refractivity contribution in [1.82, 2.24) is 0 Å². The molecule has 1 fully saturated rings. The van der Waals surface area contributed by atoms with Crippen molar-refractivity contribution in [2.45, 2.75) is 39.2 Å². The Hall–Kier alpha value is -0.0400. The highest BCUT2D eigenvalue weighted by Crippen LogP contribution is 2.42. The van der Waals surface area contributed by atoms with Gasteiger partial charge >= 0.3 is 0 Å². The van der Waals surface area contributed by atoms with Crippen molar-refractivity contribution < 1.29 is 5.11 Å². The molecule has 1 aliphatic rings. The highest BCUT2D eigenvalue weighted by molar-refractivity contribution is 4.87. The van der Waals surface area contributed by atoms with Crippen molar-refractivity contribution in [3.8, 4) is 0 Å². The summed E-state index contributed by atoms with van der Waals surface area (Å²) in [6.45, 7) is 4.04. The minimum absolute atomic E-state index is 0.101. The van der Waals surface area contributed by atoms with Crippen LogP contribution in [0.5, 0.6) is 0 Å². The van der Waals surface area contributed by atoms with Crippen LogP contribution in [0.15, 0.2) is 0 Å². The van der Waals surface area contributed by atoms with E-state index in [-0.39, 0.29) is 11.5 Å². The van der Waals surface area contributed by atoms with Gasteiger partial charge in [0.15, 0.2) is 0 Å². The van der Waals surface area contributed by atoms with Crippen LogP contribution in [0.4, 0.5) is 0 Å². The first kappa shape index (κ1) is 6.09. The summed E-state index contributed by atoms with van der Waals surface area (Å²) >= 11 is 0. The predicted octanol–water partition coefficient (Wildman–Crippen LogP) is 1.56. The first-order valence-electron chi connectivity index (χ1n) is 3.33. The van der Waals surface area contributed by atoms with Crippen LogP contribution in [0, 0.1) is 5.41 Å². The zero-order valence-corrected chi connectivity index (χ0v) is 5.65. The molecule has 1 saturated carbocycles. The van der Waals surface area contributed by atoms with Crippen molar-refractivity contribution in [1.29, 1.82) is 0 Å². The molecule has 48 valence electrons. The minimum Gasteiger partial charge on any atom is -0.393 e. The number of aliphatic hydroxyl groups excluding tert-OH is 1. The molecule has 0 unspecified atom stereocenters. The van der Waals surface area contributed by atoms with E-state index in [0.29, 0.717) is 0 Å². The minimum atomic E-state index is -0.101. The van der Waals surface area contributed by atoms with Crippen molar-refractivity contribution in [3.05, 3.63) is 0 Å². The van der Waals surface area contributed by atoms with Crippen LogP contribution in [0.25, 0.3) is 0 Å². The van der Waals surface area contributed by atoms with Crippen LogP contribution in [0.2, 0.25) is 0 Å². The summed E-state index contributed by atoms with van der Waals surface area (Å²) in [5.41, 5.74) is 0.278. The zero-order chi connectivity index (χ0) is 6.20. The quantitative estimate of drug-likeness (QED) is 0.548. The Kier molecular flexibility index (Phi) is 1.31. The van der Waals surface area contributed by atoms with E-state index in [0.717, 1.165) is 0 Å². The van der Waals surface area contributed by atoms with Gasteiger partial charge in [0, 0.05) is 0 Å². The van der Waals surface area contributed by atoms with Gasteiger partial charge in [-0.1, -0.05) is 13.3 Å². The van der Waals surface area contributed by atoms with Gasteiger partial charge in [-0.15, -0.1) is 0 Å². The Labute approximate surface area is 50.7 Å². The third kappa shape index (κ3) is 0.752. The van der Waals surface area contributed by atoms with E-state index in [9.17, 15) is 0 Å². The van der Waals surface area contributed by atoms with E-state index in [2.05, 4.69) is 6.92 Å². The second kappa shape index (κ2) is 1.73. The fraction of sp³-hybridized carbons (Fsp3) is 1.00. The summed E-state index contributed by atoms with van der Waals surface area (Å²) in [6, 6.07) is 0. The Morgan fingerprint density at radius 2 is 2.00 bits per heavy atom. The van der Waals surface area contributed by atoms with E-state index in [1.807, 2.05) is 6.92 Å². The van der Waals surface area contributed by atoms with E-state index in [1.54, 1.807) is 0 Å². The lowest BCUT2D eigenvalue weighted by Crippen LogP contribution is -2.36. The fourth-order valence-electron chi connectivity index (χ4n) is 1.15. The Morgan fingerprint density at radius 3 is 2.00 bits per heavy atom. The number of hydrogen-bond acceptors (Lipinski definition) is 1. The largest absolute Gasteiger partial charge is 0.393 e. The summed E-state index contributed by atoms with van der Waals surface area (Å²) < 4.78 is 0. The Balaban J connectivity index is 2.41. The van der Waals surface area contributed by atoms with Gasteiger partial charge in [0.05, 0.1) is 6.10 Å². The van der Waals surface area contributed by atoms with Crippen LogP contribution in [0.3, 0.4) is 0 Å². The SMILES string of the molecule is C[C@H](O)C1(C)CCC1. The molecule has 0 radical (unpaired) electrons. The third-order valence-electron chi connectivity index (χ3n) is 2.50. The molecule has 0 aromatic carbocycles. The summed E-state index contributed by atoms with van der Waals surface area (Å²) in [5, 5.41) is 9.13. The molecule has 0 heterocycles. The van der Waals surface area contributed by atoms with Crippen LogP contribution in [0.1, 0.15) is 33.1 Å². The molecule has 0 aromatic heterocycles. The lowest BCUT2D eigenvalue weighted by molar-refractivity contribution is -0.00739. The number of hydrogen-bond donors (Lipinski definition) is 1. The molecule has 0 spiro atoms. The van der Waals surface area contributed by atoms with Gasteiger partial charge in [-0.25, -0.2) is 0 Å². The smallest absolute Gasteiger partial charge is 0.0565 e. The molecule has 1 rings (SSSR count). The fourth-order valence-corrected chi connectivity index (χ4v) is 1.15. The van der Waals surface area contributed by atoms with Gasteiger partial charge in [0.1, 0.15) is 0 Å². The van der Waals surface area contributed by atoms with Gasteiger partial charge in [-0.05, 0) is 25.2 Å². The molecule has 1 nitrogen and oxygen atoms in total. The van der Waals surface area contributed by atoms with Gasteiger partial charge in [0.25, 0.3) is 0 Å². The van der Waals surface area contributed by atoms with Crippen molar-refractivity contribution in [2.24, 2.45) is 5.41 Å². The van der Waals surface area contributed by atoms with Gasteiger partial charge in [-0.3, -0.25) is 0 Å². The zero-order valence-electron chi connectivity index (χ0n) is 5.65. The normalized spacial score (nSPS) is 28.9. The third-order valence-corrected chi connectivity index (χ3v) is 2.50. The highest BCUT2D eigenvalue weighted by Gasteiger charge is 2.35. The maximum atomic E-state index is 9.13. The monoisotopic (exact) mass is 114 g/mol. The second-order valence-corrected chi connectivity index (χ2v) is 3.18. The van der Waals surface area contributed by atoms with Crippen molar-refractivity contribution in [3.63, 3.8) is 0 Å². The first-order valence-corrected chi connectivity index (χ1v) is 3.33. The molecule has 1 atom stereocenters. The molecule has 0 aromatic rings. The van der Waals surface area contributed by atoms with Gasteiger partial charge in [0.2, 0.25) is 0 Å². The summed E-state index contributed by atoms with van der Waals surface area (Å²) in [7, 11) is 0. The topological polar surface area (TPSA) is 20.2 Å². The predicted molar refractivity (Wildman–Crippen MR) is 33.6 cm³/mol. The molecular weight excluding hydrogens is 100 g/mol. The molecule has 8 heavy (non-hydrogen) atoms. The molecule has 0 amide bonds. The molecular formula is C7H14O. The molecule has 0 saturated heterocycles. The van der Waals surface area contributed by atoms with Gasteiger partial charge in [-0.2, -0.15) is 0 Å². The van der Waals surface area contributed by atoms with Crippen LogP contribution in [-0.2, 0) is 0 Å². The Bertz CT molecular complexity index is 82.4.